The average molecular weight is 380 g/mol. The van der Waals surface area contributed by atoms with E-state index in [1.807, 2.05) is 43.3 Å². The quantitative estimate of drug-likeness (QED) is 0.773. The molecule has 0 spiro atoms. The van der Waals surface area contributed by atoms with Crippen LogP contribution in [-0.2, 0) is 14.4 Å². The van der Waals surface area contributed by atoms with Gasteiger partial charge in [0.05, 0.1) is 17.9 Å². The van der Waals surface area contributed by atoms with Gasteiger partial charge in [-0.25, -0.2) is 0 Å². The van der Waals surface area contributed by atoms with Crippen LogP contribution in [0.15, 0.2) is 60.7 Å². The van der Waals surface area contributed by atoms with Crippen molar-refractivity contribution in [1.29, 1.82) is 0 Å². The highest BCUT2D eigenvalue weighted by Gasteiger charge is 2.37. The molecule has 0 saturated carbocycles. The standard InChI is InChI=1S/C22H24N2O4/c1-15(16-8-4-2-5-9-16)24-14-18(12-20(24)25)21(26)23-13-19(22(27)28)17-10-6-3-7-11-17/h2-11,15,18-19H,12-14H2,1H3,(H,23,26)(H,27,28). The van der Waals surface area contributed by atoms with Crippen molar-refractivity contribution in [3.63, 3.8) is 0 Å². The minimum absolute atomic E-state index is 0.00287. The molecule has 6 heteroatoms. The van der Waals surface area contributed by atoms with Crippen LogP contribution in [0.3, 0.4) is 0 Å². The number of carbonyl (C=O) groups is 3. The van der Waals surface area contributed by atoms with Crippen molar-refractivity contribution in [3.05, 3.63) is 71.8 Å². The number of carboxylic acids is 1. The molecule has 6 nitrogen and oxygen atoms in total. The van der Waals surface area contributed by atoms with Crippen molar-refractivity contribution >= 4 is 17.8 Å². The summed E-state index contributed by atoms with van der Waals surface area (Å²) in [5, 5.41) is 12.2. The number of nitrogens with one attached hydrogen (secondary N) is 1. The Balaban J connectivity index is 1.61. The van der Waals surface area contributed by atoms with Gasteiger partial charge in [0.1, 0.15) is 0 Å². The Morgan fingerprint density at radius 1 is 1.07 bits per heavy atom. The first-order valence-corrected chi connectivity index (χ1v) is 9.37. The molecule has 28 heavy (non-hydrogen) atoms. The number of hydrogen-bond donors (Lipinski definition) is 2. The Hall–Kier alpha value is -3.15. The largest absolute Gasteiger partial charge is 0.481 e. The van der Waals surface area contributed by atoms with Gasteiger partial charge in [0.15, 0.2) is 0 Å². The zero-order chi connectivity index (χ0) is 20.1. The zero-order valence-corrected chi connectivity index (χ0v) is 15.7. The van der Waals surface area contributed by atoms with E-state index in [2.05, 4.69) is 5.32 Å². The lowest BCUT2D eigenvalue weighted by Gasteiger charge is -2.25. The highest BCUT2D eigenvalue weighted by molar-refractivity contribution is 5.89. The van der Waals surface area contributed by atoms with Crippen LogP contribution in [0.4, 0.5) is 0 Å². The molecule has 1 saturated heterocycles. The Kier molecular flexibility index (Phi) is 6.09. The minimum Gasteiger partial charge on any atom is -0.481 e. The molecule has 0 aliphatic carbocycles. The van der Waals surface area contributed by atoms with Gasteiger partial charge in [0.2, 0.25) is 11.8 Å². The molecule has 1 aliphatic heterocycles. The number of amides is 2. The summed E-state index contributed by atoms with van der Waals surface area (Å²) in [6.07, 6.45) is 0.145. The monoisotopic (exact) mass is 380 g/mol. The third kappa shape index (κ3) is 4.39. The van der Waals surface area contributed by atoms with Crippen molar-refractivity contribution in [3.8, 4) is 0 Å². The van der Waals surface area contributed by atoms with E-state index < -0.39 is 17.8 Å². The van der Waals surface area contributed by atoms with Crippen LogP contribution < -0.4 is 5.32 Å². The third-order valence-corrected chi connectivity index (χ3v) is 5.26. The number of carboxylic acid groups (broad SMARTS) is 1. The highest BCUT2D eigenvalue weighted by atomic mass is 16.4. The molecule has 1 aliphatic rings. The maximum absolute atomic E-state index is 12.6. The molecule has 2 amide bonds. The van der Waals surface area contributed by atoms with E-state index in [9.17, 15) is 19.5 Å². The van der Waals surface area contributed by atoms with Crippen molar-refractivity contribution in [2.24, 2.45) is 5.92 Å². The fraction of sp³-hybridized carbons (Fsp3) is 0.318. The fourth-order valence-electron chi connectivity index (χ4n) is 3.57. The summed E-state index contributed by atoms with van der Waals surface area (Å²) in [4.78, 5) is 38.3. The van der Waals surface area contributed by atoms with Gasteiger partial charge in [-0.3, -0.25) is 14.4 Å². The van der Waals surface area contributed by atoms with Crippen molar-refractivity contribution in [2.75, 3.05) is 13.1 Å². The lowest BCUT2D eigenvalue weighted by molar-refractivity contribution is -0.139. The Morgan fingerprint density at radius 2 is 1.64 bits per heavy atom. The van der Waals surface area contributed by atoms with E-state index >= 15 is 0 Å². The normalized spacial score (nSPS) is 18.5. The second-order valence-corrected chi connectivity index (χ2v) is 7.08. The van der Waals surface area contributed by atoms with Crippen LogP contribution in [-0.4, -0.2) is 40.9 Å². The topological polar surface area (TPSA) is 86.7 Å². The number of nitrogens with zero attached hydrogens (tertiary/aromatic N) is 1. The summed E-state index contributed by atoms with van der Waals surface area (Å²) in [5.41, 5.74) is 1.66. The number of likely N-dealkylation sites (tertiary alicyclic amines) is 1. The Labute approximate surface area is 164 Å². The lowest BCUT2D eigenvalue weighted by Crippen LogP contribution is -2.37. The molecule has 0 bridgehead atoms. The van der Waals surface area contributed by atoms with Crippen LogP contribution in [0.1, 0.15) is 36.4 Å². The number of carbonyl (C=O) groups excluding carboxylic acids is 2. The summed E-state index contributed by atoms with van der Waals surface area (Å²) < 4.78 is 0. The minimum atomic E-state index is -0.992. The highest BCUT2D eigenvalue weighted by Crippen LogP contribution is 2.28. The first-order chi connectivity index (χ1) is 13.5. The SMILES string of the molecule is CC(c1ccccc1)N1CC(C(=O)NCC(C(=O)O)c2ccccc2)CC1=O. The fourth-order valence-corrected chi connectivity index (χ4v) is 3.57. The summed E-state index contributed by atoms with van der Waals surface area (Å²) >= 11 is 0. The van der Waals surface area contributed by atoms with Gasteiger partial charge < -0.3 is 15.3 Å². The van der Waals surface area contributed by atoms with E-state index in [1.165, 1.54) is 0 Å². The zero-order valence-electron chi connectivity index (χ0n) is 15.7. The van der Waals surface area contributed by atoms with Gasteiger partial charge in [-0.15, -0.1) is 0 Å². The lowest BCUT2D eigenvalue weighted by atomic mass is 9.99. The third-order valence-electron chi connectivity index (χ3n) is 5.26. The van der Waals surface area contributed by atoms with E-state index in [1.54, 1.807) is 29.2 Å². The molecule has 3 atom stereocenters. The van der Waals surface area contributed by atoms with Crippen molar-refractivity contribution in [1.82, 2.24) is 10.2 Å². The molecular formula is C22H24N2O4. The molecular weight excluding hydrogens is 356 g/mol. The van der Waals surface area contributed by atoms with Gasteiger partial charge in [-0.2, -0.15) is 0 Å². The molecule has 0 radical (unpaired) electrons. The van der Waals surface area contributed by atoms with Gasteiger partial charge in [0, 0.05) is 19.5 Å². The van der Waals surface area contributed by atoms with Crippen LogP contribution in [0.2, 0.25) is 0 Å². The van der Waals surface area contributed by atoms with Gasteiger partial charge in [-0.1, -0.05) is 60.7 Å². The van der Waals surface area contributed by atoms with Gasteiger partial charge in [-0.05, 0) is 18.1 Å². The van der Waals surface area contributed by atoms with Gasteiger partial charge in [0.25, 0.3) is 0 Å². The predicted molar refractivity (Wildman–Crippen MR) is 105 cm³/mol. The number of benzene rings is 2. The van der Waals surface area contributed by atoms with E-state index in [0.717, 1.165) is 5.56 Å². The molecule has 2 aromatic rings. The Bertz CT molecular complexity index is 838. The summed E-state index contributed by atoms with van der Waals surface area (Å²) in [5.74, 6) is -2.62. The van der Waals surface area contributed by atoms with E-state index in [0.29, 0.717) is 12.1 Å². The van der Waals surface area contributed by atoms with Crippen LogP contribution in [0, 0.1) is 5.92 Å². The van der Waals surface area contributed by atoms with Crippen LogP contribution in [0.25, 0.3) is 0 Å². The molecule has 0 aromatic heterocycles. The van der Waals surface area contributed by atoms with Crippen molar-refractivity contribution < 1.29 is 19.5 Å². The van der Waals surface area contributed by atoms with Crippen LogP contribution in [0.5, 0.6) is 0 Å². The average Bonchev–Trinajstić information content (AvgIpc) is 3.10. The second-order valence-electron chi connectivity index (χ2n) is 7.08. The van der Waals surface area contributed by atoms with E-state index in [4.69, 9.17) is 0 Å². The Morgan fingerprint density at radius 3 is 2.21 bits per heavy atom. The smallest absolute Gasteiger partial charge is 0.312 e. The maximum atomic E-state index is 12.6. The first kappa shape index (κ1) is 19.6. The van der Waals surface area contributed by atoms with E-state index in [-0.39, 0.29) is 30.8 Å². The number of aliphatic carboxylic acids is 1. The molecule has 3 unspecified atom stereocenters. The predicted octanol–water partition coefficient (Wildman–Crippen LogP) is 2.58. The van der Waals surface area contributed by atoms with Crippen molar-refractivity contribution in [2.45, 2.75) is 25.3 Å². The molecule has 1 heterocycles. The maximum Gasteiger partial charge on any atom is 0.312 e. The number of hydrogen-bond acceptors (Lipinski definition) is 3. The molecule has 146 valence electrons. The van der Waals surface area contributed by atoms with Gasteiger partial charge >= 0.3 is 5.97 Å². The molecule has 2 aromatic carbocycles. The van der Waals surface area contributed by atoms with Crippen LogP contribution >= 0.6 is 0 Å². The summed E-state index contributed by atoms with van der Waals surface area (Å²) in [7, 11) is 0. The number of rotatable bonds is 7. The summed E-state index contributed by atoms with van der Waals surface area (Å²) in [6.45, 7) is 2.28. The first-order valence-electron chi connectivity index (χ1n) is 9.37. The summed E-state index contributed by atoms with van der Waals surface area (Å²) in [6, 6.07) is 18.4. The molecule has 3 rings (SSSR count). The molecule has 2 N–H and O–H groups in total. The second kappa shape index (κ2) is 8.69. The molecule has 1 fully saturated rings.